The zero-order chi connectivity index (χ0) is 13.8. The van der Waals surface area contributed by atoms with Gasteiger partial charge in [-0.1, -0.05) is 24.3 Å². The minimum absolute atomic E-state index is 0.00131. The van der Waals surface area contributed by atoms with Crippen LogP contribution in [0.1, 0.15) is 21.5 Å². The van der Waals surface area contributed by atoms with Gasteiger partial charge in [-0.05, 0) is 30.2 Å². The molecule has 0 aliphatic carbocycles. The van der Waals surface area contributed by atoms with Gasteiger partial charge in [-0.3, -0.25) is 4.79 Å². The Morgan fingerprint density at radius 2 is 2.00 bits per heavy atom. The molecule has 0 spiro atoms. The molecule has 0 aliphatic heterocycles. The normalized spacial score (nSPS) is 10.3. The van der Waals surface area contributed by atoms with E-state index in [1.807, 2.05) is 31.2 Å². The molecule has 0 atom stereocenters. The van der Waals surface area contributed by atoms with Gasteiger partial charge >= 0.3 is 0 Å². The number of aromatic nitrogens is 1. The fourth-order valence-corrected chi connectivity index (χ4v) is 1.87. The summed E-state index contributed by atoms with van der Waals surface area (Å²) in [4.78, 5) is 17.1. The number of rotatable bonds is 3. The van der Waals surface area contributed by atoms with Crippen LogP contribution in [0, 0.1) is 12.9 Å². The fourth-order valence-electron chi connectivity index (χ4n) is 1.87. The maximum absolute atomic E-state index is 13.5. The number of aryl methyl sites for hydroxylation is 1. The summed E-state index contributed by atoms with van der Waals surface area (Å²) in [6, 6.07) is 10.8. The Bertz CT molecular complexity index is 598. The topological polar surface area (TPSA) is 33.2 Å². The molecular weight excluding hydrogens is 243 g/mol. The highest BCUT2D eigenvalue weighted by Gasteiger charge is 2.17. The number of hydrogen-bond donors (Lipinski definition) is 0. The van der Waals surface area contributed by atoms with Crippen molar-refractivity contribution in [2.24, 2.45) is 0 Å². The van der Waals surface area contributed by atoms with Crippen molar-refractivity contribution in [3.05, 3.63) is 65.2 Å². The molecule has 0 unspecified atom stereocenters. The Labute approximate surface area is 111 Å². The predicted molar refractivity (Wildman–Crippen MR) is 71.2 cm³/mol. The number of benzene rings is 1. The van der Waals surface area contributed by atoms with Crippen LogP contribution < -0.4 is 0 Å². The molecule has 19 heavy (non-hydrogen) atoms. The predicted octanol–water partition coefficient (Wildman–Crippen LogP) is 2.80. The Balaban J connectivity index is 2.17. The minimum atomic E-state index is -0.732. The maximum Gasteiger partial charge on any atom is 0.258 e. The molecule has 1 aromatic carbocycles. The summed E-state index contributed by atoms with van der Waals surface area (Å²) in [5.74, 6) is -1.10. The van der Waals surface area contributed by atoms with Gasteiger partial charge in [0.15, 0.2) is 0 Å². The summed E-state index contributed by atoms with van der Waals surface area (Å²) in [5, 5.41) is 0. The first-order valence-electron chi connectivity index (χ1n) is 6.00. The van der Waals surface area contributed by atoms with Crippen LogP contribution in [0.5, 0.6) is 0 Å². The van der Waals surface area contributed by atoms with E-state index in [9.17, 15) is 9.18 Å². The van der Waals surface area contributed by atoms with E-state index in [1.54, 1.807) is 13.1 Å². The van der Waals surface area contributed by atoms with Crippen molar-refractivity contribution in [3.63, 3.8) is 0 Å². The van der Waals surface area contributed by atoms with Gasteiger partial charge in [-0.25, -0.2) is 4.98 Å². The molecule has 1 aromatic heterocycles. The molecule has 0 fully saturated rings. The van der Waals surface area contributed by atoms with Gasteiger partial charge in [-0.2, -0.15) is 4.39 Å². The van der Waals surface area contributed by atoms with Gasteiger partial charge in [0.1, 0.15) is 0 Å². The largest absolute Gasteiger partial charge is 0.337 e. The lowest BCUT2D eigenvalue weighted by Crippen LogP contribution is -2.27. The van der Waals surface area contributed by atoms with Crippen LogP contribution in [0.15, 0.2) is 42.6 Å². The van der Waals surface area contributed by atoms with Gasteiger partial charge in [0, 0.05) is 19.8 Å². The molecule has 98 valence electrons. The number of pyridine rings is 1. The summed E-state index contributed by atoms with van der Waals surface area (Å²) in [7, 11) is 1.65. The van der Waals surface area contributed by atoms with Crippen molar-refractivity contribution in [2.75, 3.05) is 7.05 Å². The van der Waals surface area contributed by atoms with E-state index in [2.05, 4.69) is 4.98 Å². The van der Waals surface area contributed by atoms with E-state index >= 15 is 0 Å². The standard InChI is InChI=1S/C15H15FN2O/c1-11-6-3-4-7-12(11)10-18(2)15(19)13-8-5-9-17-14(13)16/h3-9H,10H2,1-2H3. The number of amides is 1. The van der Waals surface area contributed by atoms with Crippen molar-refractivity contribution in [3.8, 4) is 0 Å². The number of hydrogen-bond acceptors (Lipinski definition) is 2. The zero-order valence-corrected chi connectivity index (χ0v) is 10.9. The van der Waals surface area contributed by atoms with Crippen LogP contribution in [0.3, 0.4) is 0 Å². The van der Waals surface area contributed by atoms with Crippen molar-refractivity contribution >= 4 is 5.91 Å². The summed E-state index contributed by atoms with van der Waals surface area (Å²) >= 11 is 0. The van der Waals surface area contributed by atoms with E-state index in [1.165, 1.54) is 17.2 Å². The first-order chi connectivity index (χ1) is 9.09. The second kappa shape index (κ2) is 5.61. The maximum atomic E-state index is 13.5. The lowest BCUT2D eigenvalue weighted by atomic mass is 10.1. The Morgan fingerprint density at radius 3 is 2.68 bits per heavy atom. The number of halogens is 1. The molecule has 0 saturated heterocycles. The lowest BCUT2D eigenvalue weighted by molar-refractivity contribution is 0.0779. The fraction of sp³-hybridized carbons (Fsp3) is 0.200. The molecular formula is C15H15FN2O. The summed E-state index contributed by atoms with van der Waals surface area (Å²) in [6.07, 6.45) is 1.33. The van der Waals surface area contributed by atoms with Crippen molar-refractivity contribution in [1.82, 2.24) is 9.88 Å². The van der Waals surface area contributed by atoms with Gasteiger partial charge in [0.05, 0.1) is 5.56 Å². The second-order valence-electron chi connectivity index (χ2n) is 4.43. The molecule has 2 rings (SSSR count). The molecule has 3 nitrogen and oxygen atoms in total. The van der Waals surface area contributed by atoms with E-state index < -0.39 is 5.95 Å². The highest BCUT2D eigenvalue weighted by molar-refractivity contribution is 5.93. The Hall–Kier alpha value is -2.23. The number of nitrogens with zero attached hydrogens (tertiary/aromatic N) is 2. The van der Waals surface area contributed by atoms with E-state index in [0.29, 0.717) is 6.54 Å². The molecule has 0 bridgehead atoms. The number of carbonyl (C=O) groups excluding carboxylic acids is 1. The van der Waals surface area contributed by atoms with Gasteiger partial charge in [-0.15, -0.1) is 0 Å². The lowest BCUT2D eigenvalue weighted by Gasteiger charge is -2.18. The molecule has 4 heteroatoms. The second-order valence-corrected chi connectivity index (χ2v) is 4.43. The SMILES string of the molecule is Cc1ccccc1CN(C)C(=O)c1cccnc1F. The van der Waals surface area contributed by atoms with Crippen LogP contribution in [-0.2, 0) is 6.54 Å². The Morgan fingerprint density at radius 1 is 1.26 bits per heavy atom. The Kier molecular flexibility index (Phi) is 3.90. The van der Waals surface area contributed by atoms with Crippen LogP contribution in [0.2, 0.25) is 0 Å². The molecule has 0 radical (unpaired) electrons. The van der Waals surface area contributed by atoms with Crippen LogP contribution in [0.4, 0.5) is 4.39 Å². The highest BCUT2D eigenvalue weighted by Crippen LogP contribution is 2.13. The molecule has 1 heterocycles. The quantitative estimate of drug-likeness (QED) is 0.793. The average molecular weight is 258 g/mol. The van der Waals surface area contributed by atoms with Crippen LogP contribution >= 0.6 is 0 Å². The minimum Gasteiger partial charge on any atom is -0.337 e. The van der Waals surface area contributed by atoms with Crippen LogP contribution in [-0.4, -0.2) is 22.8 Å². The van der Waals surface area contributed by atoms with Crippen LogP contribution in [0.25, 0.3) is 0 Å². The summed E-state index contributed by atoms with van der Waals surface area (Å²) in [6.45, 7) is 2.43. The van der Waals surface area contributed by atoms with Gasteiger partial charge in [0.2, 0.25) is 5.95 Å². The van der Waals surface area contributed by atoms with Crippen molar-refractivity contribution in [2.45, 2.75) is 13.5 Å². The molecule has 0 N–H and O–H groups in total. The third kappa shape index (κ3) is 2.96. The van der Waals surface area contributed by atoms with E-state index in [0.717, 1.165) is 11.1 Å². The van der Waals surface area contributed by atoms with Crippen molar-refractivity contribution < 1.29 is 9.18 Å². The smallest absolute Gasteiger partial charge is 0.258 e. The van der Waals surface area contributed by atoms with E-state index in [4.69, 9.17) is 0 Å². The number of carbonyl (C=O) groups is 1. The molecule has 2 aromatic rings. The summed E-state index contributed by atoms with van der Waals surface area (Å²) in [5.41, 5.74) is 2.15. The monoisotopic (exact) mass is 258 g/mol. The van der Waals surface area contributed by atoms with E-state index in [-0.39, 0.29) is 11.5 Å². The van der Waals surface area contributed by atoms with Gasteiger partial charge < -0.3 is 4.90 Å². The molecule has 0 aliphatic rings. The summed E-state index contributed by atoms with van der Waals surface area (Å²) < 4.78 is 13.5. The first-order valence-corrected chi connectivity index (χ1v) is 6.00. The third-order valence-corrected chi connectivity index (χ3v) is 3.00. The molecule has 1 amide bonds. The molecule has 0 saturated carbocycles. The average Bonchev–Trinajstić information content (AvgIpc) is 2.41. The first kappa shape index (κ1) is 13.2. The highest BCUT2D eigenvalue weighted by atomic mass is 19.1. The zero-order valence-electron chi connectivity index (χ0n) is 10.9. The third-order valence-electron chi connectivity index (χ3n) is 3.00. The van der Waals surface area contributed by atoms with Crippen molar-refractivity contribution in [1.29, 1.82) is 0 Å². The van der Waals surface area contributed by atoms with Gasteiger partial charge in [0.25, 0.3) is 5.91 Å².